The zero-order chi connectivity index (χ0) is 33.8. The summed E-state index contributed by atoms with van der Waals surface area (Å²) in [5, 5.41) is 26.9. The Kier molecular flexibility index (Phi) is 11.0. The lowest BCUT2D eigenvalue weighted by Crippen LogP contribution is -2.36. The normalized spacial score (nSPS) is 13.1. The van der Waals surface area contributed by atoms with E-state index >= 15 is 0 Å². The molecule has 1 amide bonds. The smallest absolute Gasteiger partial charge is 0.307 e. The second-order valence-corrected chi connectivity index (χ2v) is 12.0. The van der Waals surface area contributed by atoms with Crippen LogP contribution in [0, 0.1) is 0 Å². The van der Waals surface area contributed by atoms with E-state index in [2.05, 4.69) is 50.0 Å². The highest BCUT2D eigenvalue weighted by Crippen LogP contribution is 2.29. The third kappa shape index (κ3) is 8.77. The molecule has 4 N–H and O–H groups in total. The summed E-state index contributed by atoms with van der Waals surface area (Å²) in [4.78, 5) is 24.8. The van der Waals surface area contributed by atoms with Gasteiger partial charge in [-0.15, -0.1) is 0 Å². The van der Waals surface area contributed by atoms with Gasteiger partial charge in [0.15, 0.2) is 0 Å². The van der Waals surface area contributed by atoms with Crippen LogP contribution >= 0.6 is 0 Å². The minimum atomic E-state index is -0.786. The van der Waals surface area contributed by atoms with Gasteiger partial charge in [0.25, 0.3) is 0 Å². The number of H-pyrrole nitrogens is 2. The quantitative estimate of drug-likeness (QED) is 0.169. The van der Waals surface area contributed by atoms with Crippen molar-refractivity contribution < 1.29 is 14.7 Å². The predicted molar refractivity (Wildman–Crippen MR) is 191 cm³/mol. The number of amides is 1. The van der Waals surface area contributed by atoms with E-state index in [-0.39, 0.29) is 12.3 Å². The van der Waals surface area contributed by atoms with E-state index in [1.54, 1.807) is 12.1 Å². The van der Waals surface area contributed by atoms with Crippen LogP contribution in [0.25, 0.3) is 22.5 Å². The fraction of sp³-hybridized carbons (Fsp3) is 0.200. The minimum Gasteiger partial charge on any atom is -0.481 e. The third-order valence-corrected chi connectivity index (χ3v) is 8.58. The van der Waals surface area contributed by atoms with E-state index in [1.165, 1.54) is 16.8 Å². The molecule has 0 saturated heterocycles. The number of carboxylic acid groups (broad SMARTS) is 1. The van der Waals surface area contributed by atoms with Crippen molar-refractivity contribution in [1.82, 2.24) is 30.6 Å². The Morgan fingerprint density at radius 1 is 0.633 bits per heavy atom. The molecule has 2 aromatic heterocycles. The number of aromatic amines is 2. The molecule has 0 unspecified atom stereocenters. The van der Waals surface area contributed by atoms with Crippen LogP contribution in [0.4, 0.5) is 0 Å². The molecule has 0 spiro atoms. The van der Waals surface area contributed by atoms with Crippen LogP contribution in [0.5, 0.6) is 0 Å². The van der Waals surface area contributed by atoms with E-state index in [9.17, 15) is 9.59 Å². The Morgan fingerprint density at radius 3 is 1.67 bits per heavy atom. The average Bonchev–Trinajstić information content (AvgIpc) is 3.78. The van der Waals surface area contributed by atoms with Crippen LogP contribution in [-0.2, 0) is 48.4 Å². The second-order valence-electron chi connectivity index (χ2n) is 12.0. The van der Waals surface area contributed by atoms with Crippen molar-refractivity contribution in [3.05, 3.63) is 155 Å². The number of carbonyl (C=O) groups excluding carboxylic acids is 1. The van der Waals surface area contributed by atoms with Gasteiger partial charge in [0.2, 0.25) is 5.91 Å². The highest BCUT2D eigenvalue weighted by molar-refractivity contribution is 5.79. The molecule has 0 aliphatic carbocycles. The molecular weight excluding hydrogens is 612 g/mol. The van der Waals surface area contributed by atoms with Gasteiger partial charge in [-0.2, -0.15) is 10.2 Å². The van der Waals surface area contributed by atoms with E-state index in [0.29, 0.717) is 13.0 Å². The van der Waals surface area contributed by atoms with Gasteiger partial charge in [0.05, 0.1) is 24.2 Å². The zero-order valence-electron chi connectivity index (χ0n) is 27.3. The first kappa shape index (κ1) is 33.1. The summed E-state index contributed by atoms with van der Waals surface area (Å²) < 4.78 is 0. The number of aliphatic carboxylic acids is 1. The van der Waals surface area contributed by atoms with E-state index in [1.807, 2.05) is 89.8 Å². The SMILES string of the molecule is O=C(Cc1ccccc1)N1CCc2[nH]nc(-c3ccccc3)c2C1.O=C(O)Cc1ccccc1.c1ccc(-c2n[nH]c3c2CNCC3)cc1. The molecule has 2 aliphatic rings. The van der Waals surface area contributed by atoms with E-state index in [0.717, 1.165) is 71.8 Å². The van der Waals surface area contributed by atoms with Gasteiger partial charge in [0.1, 0.15) is 0 Å². The molecular formula is C40H40N6O3. The monoisotopic (exact) mass is 652 g/mol. The number of nitrogens with zero attached hydrogens (tertiary/aromatic N) is 3. The Labute approximate surface area is 286 Å². The van der Waals surface area contributed by atoms with Gasteiger partial charge in [-0.1, -0.05) is 121 Å². The maximum Gasteiger partial charge on any atom is 0.307 e. The summed E-state index contributed by atoms with van der Waals surface area (Å²) in [5.74, 6) is -0.613. The number of nitrogens with one attached hydrogen (secondary N) is 3. The van der Waals surface area contributed by atoms with Crippen molar-refractivity contribution >= 4 is 11.9 Å². The number of hydrogen-bond donors (Lipinski definition) is 4. The molecule has 0 atom stereocenters. The summed E-state index contributed by atoms with van der Waals surface area (Å²) >= 11 is 0. The van der Waals surface area contributed by atoms with Crippen molar-refractivity contribution in [2.45, 2.75) is 38.8 Å². The summed E-state index contributed by atoms with van der Waals surface area (Å²) in [6.07, 6.45) is 2.44. The molecule has 4 aromatic carbocycles. The molecule has 2 aliphatic heterocycles. The molecule has 0 bridgehead atoms. The summed E-state index contributed by atoms with van der Waals surface area (Å²) in [5.41, 5.74) is 11.1. The molecule has 4 heterocycles. The first-order chi connectivity index (χ1) is 24.0. The molecule has 8 rings (SSSR count). The predicted octanol–water partition coefficient (Wildman–Crippen LogP) is 6.24. The highest BCUT2D eigenvalue weighted by Gasteiger charge is 2.25. The van der Waals surface area contributed by atoms with Gasteiger partial charge >= 0.3 is 5.97 Å². The van der Waals surface area contributed by atoms with Gasteiger partial charge in [-0.3, -0.25) is 19.8 Å². The Balaban J connectivity index is 0.000000142. The lowest BCUT2D eigenvalue weighted by Gasteiger charge is -2.27. The molecule has 248 valence electrons. The van der Waals surface area contributed by atoms with Crippen LogP contribution < -0.4 is 5.32 Å². The number of benzene rings is 4. The number of hydrogen-bond acceptors (Lipinski definition) is 5. The van der Waals surface area contributed by atoms with Crippen molar-refractivity contribution in [1.29, 1.82) is 0 Å². The number of aromatic nitrogens is 4. The largest absolute Gasteiger partial charge is 0.481 e. The lowest BCUT2D eigenvalue weighted by molar-refractivity contribution is -0.136. The standard InChI is InChI=1S/C20H19N3O.C12H13N3.C8H8O2/c24-19(13-15-7-3-1-4-8-15)23-12-11-18-17(14-23)20(22-21-18)16-9-5-2-6-10-16;1-2-4-9(5-3-1)12-10-8-13-7-6-11(10)14-15-12;9-8(10)6-7-4-2-1-3-5-7/h1-10H,11-14H2,(H,21,22);1-5,13H,6-8H2,(H,14,15);1-5H,6H2,(H,9,10). The summed E-state index contributed by atoms with van der Waals surface area (Å²) in [6, 6.07) is 39.5. The zero-order valence-corrected chi connectivity index (χ0v) is 27.3. The molecule has 0 radical (unpaired) electrons. The Morgan fingerprint density at radius 2 is 1.12 bits per heavy atom. The number of fused-ring (bicyclic) bond motifs is 2. The highest BCUT2D eigenvalue weighted by atomic mass is 16.4. The van der Waals surface area contributed by atoms with Crippen LogP contribution in [0.15, 0.2) is 121 Å². The third-order valence-electron chi connectivity index (χ3n) is 8.58. The molecule has 0 fully saturated rings. The Hall–Kier alpha value is -5.80. The van der Waals surface area contributed by atoms with Crippen LogP contribution in [0.3, 0.4) is 0 Å². The first-order valence-electron chi connectivity index (χ1n) is 16.6. The number of rotatable bonds is 6. The van der Waals surface area contributed by atoms with Crippen molar-refractivity contribution in [2.75, 3.05) is 13.1 Å². The van der Waals surface area contributed by atoms with Crippen LogP contribution in [0.2, 0.25) is 0 Å². The van der Waals surface area contributed by atoms with E-state index in [4.69, 9.17) is 5.11 Å². The average molecular weight is 653 g/mol. The fourth-order valence-corrected chi connectivity index (χ4v) is 6.06. The molecule has 6 aromatic rings. The van der Waals surface area contributed by atoms with Gasteiger partial charge in [-0.05, 0) is 11.1 Å². The number of carboxylic acids is 1. The van der Waals surface area contributed by atoms with Crippen LogP contribution in [0.1, 0.15) is 33.6 Å². The second kappa shape index (κ2) is 16.3. The molecule has 0 saturated carbocycles. The molecule has 9 heteroatoms. The topological polar surface area (TPSA) is 127 Å². The maximum atomic E-state index is 12.6. The van der Waals surface area contributed by atoms with Crippen molar-refractivity contribution in [3.8, 4) is 22.5 Å². The van der Waals surface area contributed by atoms with Gasteiger partial charge in [-0.25, -0.2) is 0 Å². The maximum absolute atomic E-state index is 12.6. The first-order valence-corrected chi connectivity index (χ1v) is 16.6. The van der Waals surface area contributed by atoms with Gasteiger partial charge in [0, 0.05) is 72.7 Å². The van der Waals surface area contributed by atoms with Crippen LogP contribution in [-0.4, -0.2) is 55.4 Å². The summed E-state index contributed by atoms with van der Waals surface area (Å²) in [7, 11) is 0. The molecule has 9 nitrogen and oxygen atoms in total. The van der Waals surface area contributed by atoms with E-state index < -0.39 is 5.97 Å². The fourth-order valence-electron chi connectivity index (χ4n) is 6.06. The van der Waals surface area contributed by atoms with Gasteiger partial charge < -0.3 is 15.3 Å². The Bertz CT molecular complexity index is 1940. The minimum absolute atomic E-state index is 0.112. The lowest BCUT2D eigenvalue weighted by atomic mass is 10.0. The number of carbonyl (C=O) groups is 2. The summed E-state index contributed by atoms with van der Waals surface area (Å²) in [6.45, 7) is 3.34. The van der Waals surface area contributed by atoms with Crippen molar-refractivity contribution in [3.63, 3.8) is 0 Å². The molecule has 49 heavy (non-hydrogen) atoms. The van der Waals surface area contributed by atoms with Crippen molar-refractivity contribution in [2.24, 2.45) is 0 Å².